The third-order valence-corrected chi connectivity index (χ3v) is 6.04. The van der Waals surface area contributed by atoms with Gasteiger partial charge in [0.1, 0.15) is 4.91 Å². The third-order valence-electron chi connectivity index (χ3n) is 3.53. The van der Waals surface area contributed by atoms with Gasteiger partial charge in [0.15, 0.2) is 0 Å². The van der Waals surface area contributed by atoms with E-state index in [4.69, 9.17) is 23.7 Å². The van der Waals surface area contributed by atoms with Crippen LogP contribution in [-0.4, -0.2) is 66.6 Å². The molecule has 1 aliphatic rings. The summed E-state index contributed by atoms with van der Waals surface area (Å²) in [7, 11) is 1.07. The van der Waals surface area contributed by atoms with E-state index in [1.807, 2.05) is 0 Å². The maximum absolute atomic E-state index is 12.7. The highest BCUT2D eigenvalue weighted by molar-refractivity contribution is 8.07. The lowest BCUT2D eigenvalue weighted by molar-refractivity contribution is -0.163. The van der Waals surface area contributed by atoms with Crippen molar-refractivity contribution >= 4 is 53.4 Å². The molecule has 1 rings (SSSR count). The van der Waals surface area contributed by atoms with Gasteiger partial charge in [-0.25, -0.2) is 9.59 Å². The quantitative estimate of drug-likeness (QED) is 0.335. The largest absolute Gasteiger partial charge is 0.465 e. The van der Waals surface area contributed by atoms with E-state index in [2.05, 4.69) is 0 Å². The van der Waals surface area contributed by atoms with E-state index < -0.39 is 46.0 Å². The summed E-state index contributed by atoms with van der Waals surface area (Å²) in [5.41, 5.74) is -0.973. The molecule has 12 heteroatoms. The predicted molar refractivity (Wildman–Crippen MR) is 112 cm³/mol. The van der Waals surface area contributed by atoms with Crippen LogP contribution in [0.25, 0.3) is 0 Å². The van der Waals surface area contributed by atoms with Crippen LogP contribution in [0.15, 0.2) is 10.7 Å². The number of methoxy groups -OCH3 is 1. The maximum atomic E-state index is 12.7. The van der Waals surface area contributed by atoms with Gasteiger partial charge in [-0.1, -0.05) is 11.8 Å². The zero-order valence-corrected chi connectivity index (χ0v) is 19.9. The summed E-state index contributed by atoms with van der Waals surface area (Å²) in [5, 5.41) is 0. The van der Waals surface area contributed by atoms with Crippen molar-refractivity contribution in [3.63, 3.8) is 0 Å². The molecule has 1 atom stereocenters. The van der Waals surface area contributed by atoms with Crippen LogP contribution in [0.2, 0.25) is 0 Å². The molecule has 0 saturated heterocycles. The van der Waals surface area contributed by atoms with Gasteiger partial charge >= 0.3 is 29.8 Å². The van der Waals surface area contributed by atoms with Gasteiger partial charge in [0.2, 0.25) is 5.76 Å². The number of carbonyl (C=O) groups is 5. The molecule has 31 heavy (non-hydrogen) atoms. The van der Waals surface area contributed by atoms with Crippen molar-refractivity contribution in [3.05, 3.63) is 10.7 Å². The Balaban J connectivity index is 3.43. The highest BCUT2D eigenvalue weighted by Crippen LogP contribution is 2.49. The van der Waals surface area contributed by atoms with E-state index in [1.54, 1.807) is 34.6 Å². The highest BCUT2D eigenvalue weighted by Gasteiger charge is 2.58. The Morgan fingerprint density at radius 3 is 2.03 bits per heavy atom. The van der Waals surface area contributed by atoms with Crippen molar-refractivity contribution < 1.29 is 47.7 Å². The lowest BCUT2D eigenvalue weighted by atomic mass is 9.97. The van der Waals surface area contributed by atoms with Crippen LogP contribution in [0.3, 0.4) is 0 Å². The van der Waals surface area contributed by atoms with Crippen LogP contribution < -0.4 is 0 Å². The number of carbonyl (C=O) groups excluding carboxylic acids is 5. The summed E-state index contributed by atoms with van der Waals surface area (Å²) in [6.07, 6.45) is 0. The van der Waals surface area contributed by atoms with Gasteiger partial charge in [-0.15, -0.1) is 11.8 Å². The Labute approximate surface area is 188 Å². The van der Waals surface area contributed by atoms with Crippen LogP contribution in [0, 0.1) is 5.41 Å². The summed E-state index contributed by atoms with van der Waals surface area (Å²) in [5.74, 6) is -5.42. The maximum Gasteiger partial charge on any atom is 0.377 e. The van der Waals surface area contributed by atoms with E-state index in [9.17, 15) is 24.0 Å². The van der Waals surface area contributed by atoms with Gasteiger partial charge in [-0.2, -0.15) is 0 Å². The molecule has 0 aromatic rings. The first-order chi connectivity index (χ1) is 14.4. The molecule has 0 amide bonds. The molecule has 0 aromatic carbocycles. The first kappa shape index (κ1) is 26.8. The molecule has 0 aliphatic carbocycles. The molecule has 0 saturated carbocycles. The second-order valence-corrected chi connectivity index (χ2v) is 9.12. The Bertz CT molecular complexity index is 768. The molecule has 0 spiro atoms. The van der Waals surface area contributed by atoms with Crippen LogP contribution in [0.1, 0.15) is 34.6 Å². The highest BCUT2D eigenvalue weighted by atomic mass is 32.2. The van der Waals surface area contributed by atoms with E-state index in [-0.39, 0.29) is 29.6 Å². The van der Waals surface area contributed by atoms with Crippen molar-refractivity contribution in [2.24, 2.45) is 5.41 Å². The van der Waals surface area contributed by atoms with E-state index >= 15 is 0 Å². The minimum absolute atomic E-state index is 0.110. The average molecular weight is 479 g/mol. The Morgan fingerprint density at radius 1 is 1.00 bits per heavy atom. The molecular formula is C19H26O10S2. The minimum Gasteiger partial charge on any atom is -0.465 e. The second-order valence-electron chi connectivity index (χ2n) is 6.98. The zero-order chi connectivity index (χ0) is 23.8. The summed E-state index contributed by atoms with van der Waals surface area (Å²) in [6, 6.07) is 0. The first-order valence-electron chi connectivity index (χ1n) is 9.29. The average Bonchev–Trinajstić information content (AvgIpc) is 2.95. The summed E-state index contributed by atoms with van der Waals surface area (Å²) in [4.78, 5) is 59.1. The molecule has 0 radical (unpaired) electrons. The van der Waals surface area contributed by atoms with E-state index in [0.717, 1.165) is 18.9 Å². The molecule has 0 bridgehead atoms. The number of cyclic esters (lactones) is 1. The van der Waals surface area contributed by atoms with Gasteiger partial charge in [-0.3, -0.25) is 14.4 Å². The number of esters is 5. The molecule has 174 valence electrons. The van der Waals surface area contributed by atoms with Crippen molar-refractivity contribution in [1.29, 1.82) is 0 Å². The number of hydrogen-bond donors (Lipinski definition) is 0. The molecular weight excluding hydrogens is 452 g/mol. The third kappa shape index (κ3) is 6.89. The lowest BCUT2D eigenvalue weighted by Gasteiger charge is -2.26. The number of ether oxygens (including phenoxy) is 5. The van der Waals surface area contributed by atoms with Crippen molar-refractivity contribution in [2.45, 2.75) is 39.6 Å². The lowest BCUT2D eigenvalue weighted by Crippen LogP contribution is -2.39. The molecule has 1 unspecified atom stereocenters. The van der Waals surface area contributed by atoms with Crippen LogP contribution >= 0.6 is 23.5 Å². The monoisotopic (exact) mass is 478 g/mol. The molecule has 10 nitrogen and oxygen atoms in total. The van der Waals surface area contributed by atoms with Gasteiger partial charge in [0.25, 0.3) is 4.93 Å². The van der Waals surface area contributed by atoms with Crippen molar-refractivity contribution in [1.82, 2.24) is 0 Å². The summed E-state index contributed by atoms with van der Waals surface area (Å²) >= 11 is 1.33. The predicted octanol–water partition coefficient (Wildman–Crippen LogP) is 1.81. The fourth-order valence-corrected chi connectivity index (χ4v) is 4.31. The number of hydrogen-bond acceptors (Lipinski definition) is 12. The second kappa shape index (κ2) is 11.4. The number of thioether (sulfide) groups is 2. The van der Waals surface area contributed by atoms with Crippen LogP contribution in [-0.2, 0) is 47.7 Å². The molecule has 0 fully saturated rings. The fraction of sp³-hybridized carbons (Fsp3) is 0.632. The molecule has 1 aliphatic heterocycles. The minimum atomic E-state index is -2.15. The van der Waals surface area contributed by atoms with Crippen molar-refractivity contribution in [2.75, 3.05) is 31.8 Å². The topological polar surface area (TPSA) is 132 Å². The number of rotatable bonds is 10. The van der Waals surface area contributed by atoms with Gasteiger partial charge in [0.05, 0.1) is 37.2 Å². The van der Waals surface area contributed by atoms with Crippen LogP contribution in [0.4, 0.5) is 0 Å². The van der Waals surface area contributed by atoms with Gasteiger partial charge in [-0.05, 0) is 34.6 Å². The molecule has 0 N–H and O–H groups in total. The summed E-state index contributed by atoms with van der Waals surface area (Å²) < 4.78 is 25.0. The fourth-order valence-electron chi connectivity index (χ4n) is 2.08. The van der Waals surface area contributed by atoms with Crippen molar-refractivity contribution in [3.8, 4) is 0 Å². The normalized spacial score (nSPS) is 18.3. The SMILES string of the molecule is CCOC(=O)CSC1=C(OC(=O)C(C)(C)C)C(=O)OC1(SCC(=O)OCC)C(=O)OC. The standard InChI is InChI=1S/C19H26O10S2/c1-7-26-11(20)9-30-14-13(28-16(23)18(3,4)5)15(22)29-19(14,17(24)25-6)31-10-12(21)27-8-2/h7-10H2,1-6H3. The Kier molecular flexibility index (Phi) is 9.88. The first-order valence-corrected chi connectivity index (χ1v) is 11.3. The molecule has 0 aromatic heterocycles. The Hall–Kier alpha value is -2.21. The van der Waals surface area contributed by atoms with E-state index in [0.29, 0.717) is 11.8 Å². The van der Waals surface area contributed by atoms with Crippen LogP contribution in [0.5, 0.6) is 0 Å². The van der Waals surface area contributed by atoms with Gasteiger partial charge in [0, 0.05) is 0 Å². The van der Waals surface area contributed by atoms with E-state index in [1.165, 1.54) is 0 Å². The molecule has 1 heterocycles. The zero-order valence-electron chi connectivity index (χ0n) is 18.2. The smallest absolute Gasteiger partial charge is 0.377 e. The Morgan fingerprint density at radius 2 is 1.55 bits per heavy atom. The summed E-state index contributed by atoms with van der Waals surface area (Å²) in [6.45, 7) is 8.19. The van der Waals surface area contributed by atoms with Gasteiger partial charge < -0.3 is 23.7 Å².